The van der Waals surface area contributed by atoms with Gasteiger partial charge in [-0.25, -0.2) is 0 Å². The van der Waals surface area contributed by atoms with Gasteiger partial charge in [0.15, 0.2) is 0 Å². The highest BCUT2D eigenvalue weighted by atomic mass is 16.2. The van der Waals surface area contributed by atoms with Crippen LogP contribution in [-0.2, 0) is 19.2 Å². The van der Waals surface area contributed by atoms with Gasteiger partial charge in [0.05, 0.1) is 5.57 Å². The molecule has 0 aromatic heterocycles. The summed E-state index contributed by atoms with van der Waals surface area (Å²) in [4.78, 5) is 52.5. The summed E-state index contributed by atoms with van der Waals surface area (Å²) in [5, 5.41) is 5.47. The minimum absolute atomic E-state index is 0.110. The first-order valence-corrected chi connectivity index (χ1v) is 10.2. The molecule has 2 N–H and O–H groups in total. The molecule has 0 radical (unpaired) electrons. The topological polar surface area (TPSA) is 98.8 Å². The van der Waals surface area contributed by atoms with E-state index in [0.29, 0.717) is 17.6 Å². The number of hydrogen-bond donors (Lipinski definition) is 2. The normalized spacial score (nSPS) is 23.1. The van der Waals surface area contributed by atoms with Crippen LogP contribution in [-0.4, -0.2) is 65.6 Å². The Morgan fingerprint density at radius 3 is 2.34 bits per heavy atom. The summed E-state index contributed by atoms with van der Waals surface area (Å²) in [7, 11) is 0. The van der Waals surface area contributed by atoms with Crippen molar-refractivity contribution in [3.05, 3.63) is 35.6 Å². The molecule has 0 bridgehead atoms. The number of nitrogens with zero attached hydrogens (tertiary/aromatic N) is 2. The van der Waals surface area contributed by atoms with Crippen LogP contribution < -0.4 is 10.6 Å². The van der Waals surface area contributed by atoms with Crippen molar-refractivity contribution in [1.82, 2.24) is 20.4 Å². The van der Waals surface area contributed by atoms with E-state index >= 15 is 0 Å². The molecule has 29 heavy (non-hydrogen) atoms. The number of amides is 4. The lowest BCUT2D eigenvalue weighted by molar-refractivity contribution is -0.150. The standard InChI is InChI=1S/C19H24N4O4.C2H6/c1-3-12(22-9-7-20-8-10-22)11-14-13(4-2)18(26)23(19(14)27)15-5-6-16(24)21-17(15)25;1-2/h3,11,15,20H,1,4-10H2,2H3,(H,21,24,25);1-2H3/b12-11+;. The molecule has 0 saturated carbocycles. The average Bonchev–Trinajstić information content (AvgIpc) is 2.97. The summed E-state index contributed by atoms with van der Waals surface area (Å²) < 4.78 is 0. The fourth-order valence-electron chi connectivity index (χ4n) is 3.66. The Balaban J connectivity index is 0.00000145. The summed E-state index contributed by atoms with van der Waals surface area (Å²) in [5.41, 5.74) is 1.48. The van der Waals surface area contributed by atoms with Crippen molar-refractivity contribution in [1.29, 1.82) is 0 Å². The van der Waals surface area contributed by atoms with E-state index in [1.54, 1.807) is 19.1 Å². The SMILES string of the molecule is C=C/C(=C\C1=C(CC)C(=O)N(C2CCC(=O)NC2=O)C1=O)N1CCNCC1.CC. The highest BCUT2D eigenvalue weighted by molar-refractivity contribution is 6.22. The molecule has 0 aromatic carbocycles. The van der Waals surface area contributed by atoms with Crippen molar-refractivity contribution in [2.24, 2.45) is 0 Å². The maximum absolute atomic E-state index is 13.0. The predicted molar refractivity (Wildman–Crippen MR) is 109 cm³/mol. The average molecular weight is 402 g/mol. The second-order valence-electron chi connectivity index (χ2n) is 6.70. The van der Waals surface area contributed by atoms with Crippen molar-refractivity contribution in [3.63, 3.8) is 0 Å². The molecule has 2 saturated heterocycles. The van der Waals surface area contributed by atoms with Gasteiger partial charge in [0, 0.05) is 43.9 Å². The fraction of sp³-hybridized carbons (Fsp3) is 0.524. The molecule has 3 aliphatic heterocycles. The molecule has 1 unspecified atom stereocenters. The summed E-state index contributed by atoms with van der Waals surface area (Å²) >= 11 is 0. The maximum Gasteiger partial charge on any atom is 0.262 e. The molecule has 1 atom stereocenters. The highest BCUT2D eigenvalue weighted by Gasteiger charge is 2.44. The minimum Gasteiger partial charge on any atom is -0.369 e. The summed E-state index contributed by atoms with van der Waals surface area (Å²) in [6.45, 7) is 12.9. The zero-order valence-corrected chi connectivity index (χ0v) is 17.4. The van der Waals surface area contributed by atoms with Crippen LogP contribution in [0.1, 0.15) is 40.0 Å². The first kappa shape index (κ1) is 22.5. The molecule has 0 spiro atoms. The summed E-state index contributed by atoms with van der Waals surface area (Å²) in [6, 6.07) is -0.943. The Bertz CT molecular complexity index is 763. The molecule has 158 valence electrons. The number of piperidine rings is 1. The third kappa shape index (κ3) is 4.64. The van der Waals surface area contributed by atoms with E-state index in [2.05, 4.69) is 22.1 Å². The van der Waals surface area contributed by atoms with Gasteiger partial charge in [-0.15, -0.1) is 0 Å². The lowest BCUT2D eigenvalue weighted by atomic mass is 10.0. The number of carbonyl (C=O) groups excluding carboxylic acids is 4. The van der Waals surface area contributed by atoms with E-state index in [1.165, 1.54) is 0 Å². The Morgan fingerprint density at radius 1 is 1.14 bits per heavy atom. The zero-order valence-electron chi connectivity index (χ0n) is 17.4. The van der Waals surface area contributed by atoms with Gasteiger partial charge in [0.2, 0.25) is 11.8 Å². The smallest absolute Gasteiger partial charge is 0.262 e. The van der Waals surface area contributed by atoms with Gasteiger partial charge in [-0.05, 0) is 25.0 Å². The zero-order chi connectivity index (χ0) is 21.6. The molecular formula is C21H30N4O4. The van der Waals surface area contributed by atoms with Crippen molar-refractivity contribution >= 4 is 23.6 Å². The third-order valence-corrected chi connectivity index (χ3v) is 5.11. The van der Waals surface area contributed by atoms with Crippen LogP contribution in [0.5, 0.6) is 0 Å². The van der Waals surface area contributed by atoms with Crippen molar-refractivity contribution in [2.45, 2.75) is 46.1 Å². The lowest BCUT2D eigenvalue weighted by Crippen LogP contribution is -2.54. The number of carbonyl (C=O) groups is 4. The van der Waals surface area contributed by atoms with Crippen LogP contribution in [0.15, 0.2) is 35.6 Å². The van der Waals surface area contributed by atoms with Gasteiger partial charge >= 0.3 is 0 Å². The number of rotatable bonds is 5. The Labute approximate surface area is 171 Å². The van der Waals surface area contributed by atoms with Gasteiger partial charge in [0.1, 0.15) is 6.04 Å². The van der Waals surface area contributed by atoms with E-state index in [9.17, 15) is 19.2 Å². The molecule has 3 heterocycles. The van der Waals surface area contributed by atoms with Crippen LogP contribution in [0.4, 0.5) is 0 Å². The molecule has 8 heteroatoms. The Kier molecular flexibility index (Phi) is 7.90. The predicted octanol–water partition coefficient (Wildman–Crippen LogP) is 0.868. The maximum atomic E-state index is 13.0. The first-order valence-electron chi connectivity index (χ1n) is 10.2. The van der Waals surface area contributed by atoms with Crippen molar-refractivity contribution in [3.8, 4) is 0 Å². The van der Waals surface area contributed by atoms with Crippen LogP contribution in [0.2, 0.25) is 0 Å². The van der Waals surface area contributed by atoms with Crippen LogP contribution in [0.25, 0.3) is 0 Å². The van der Waals surface area contributed by atoms with Gasteiger partial charge in [0.25, 0.3) is 11.8 Å². The molecule has 2 fully saturated rings. The second-order valence-corrected chi connectivity index (χ2v) is 6.70. The van der Waals surface area contributed by atoms with Gasteiger partial charge < -0.3 is 10.2 Å². The monoisotopic (exact) mass is 402 g/mol. The van der Waals surface area contributed by atoms with E-state index < -0.39 is 23.8 Å². The number of hydrogen-bond acceptors (Lipinski definition) is 6. The number of allylic oxidation sites excluding steroid dienone is 1. The summed E-state index contributed by atoms with van der Waals surface area (Å²) in [5.74, 6) is -1.92. The van der Waals surface area contributed by atoms with E-state index in [0.717, 1.165) is 36.8 Å². The Morgan fingerprint density at radius 2 is 1.79 bits per heavy atom. The highest BCUT2D eigenvalue weighted by Crippen LogP contribution is 2.29. The fourth-order valence-corrected chi connectivity index (χ4v) is 3.66. The van der Waals surface area contributed by atoms with Crippen LogP contribution in [0, 0.1) is 0 Å². The van der Waals surface area contributed by atoms with Gasteiger partial charge in [-0.3, -0.25) is 29.4 Å². The minimum atomic E-state index is -0.943. The van der Waals surface area contributed by atoms with Gasteiger partial charge in [-0.1, -0.05) is 27.4 Å². The van der Waals surface area contributed by atoms with Crippen molar-refractivity contribution < 1.29 is 19.2 Å². The number of nitrogens with one attached hydrogen (secondary N) is 2. The van der Waals surface area contributed by atoms with E-state index in [-0.39, 0.29) is 18.7 Å². The second kappa shape index (κ2) is 10.2. The molecule has 0 aromatic rings. The largest absolute Gasteiger partial charge is 0.369 e. The molecule has 3 aliphatic rings. The summed E-state index contributed by atoms with van der Waals surface area (Å²) in [6.07, 6.45) is 4.02. The molecule has 0 aliphatic carbocycles. The molecule has 3 rings (SSSR count). The Hall–Kier alpha value is -2.74. The quantitative estimate of drug-likeness (QED) is 0.523. The first-order chi connectivity index (χ1) is 14.0. The van der Waals surface area contributed by atoms with Gasteiger partial charge in [-0.2, -0.15) is 0 Å². The van der Waals surface area contributed by atoms with Crippen molar-refractivity contribution in [2.75, 3.05) is 26.2 Å². The molecular weight excluding hydrogens is 372 g/mol. The van der Waals surface area contributed by atoms with E-state index in [1.807, 2.05) is 13.8 Å². The number of piperazine rings is 1. The van der Waals surface area contributed by atoms with Crippen LogP contribution in [0.3, 0.4) is 0 Å². The molecule has 8 nitrogen and oxygen atoms in total. The molecule has 4 amide bonds. The number of imide groups is 2. The lowest BCUT2D eigenvalue weighted by Gasteiger charge is -2.30. The van der Waals surface area contributed by atoms with E-state index in [4.69, 9.17) is 0 Å². The van der Waals surface area contributed by atoms with Crippen LogP contribution >= 0.6 is 0 Å². The third-order valence-electron chi connectivity index (χ3n) is 5.11.